The number of likely N-dealkylation sites (tertiary alicyclic amines) is 1. The third-order valence-electron chi connectivity index (χ3n) is 4.95. The molecular formula is C17H24N2O. The molecule has 3 heteroatoms. The summed E-state index contributed by atoms with van der Waals surface area (Å²) < 4.78 is 0. The zero-order valence-corrected chi connectivity index (χ0v) is 12.2. The molecule has 0 spiro atoms. The van der Waals surface area contributed by atoms with Gasteiger partial charge in [0.25, 0.3) is 0 Å². The summed E-state index contributed by atoms with van der Waals surface area (Å²) in [6.07, 6.45) is 4.29. The second kappa shape index (κ2) is 5.57. The van der Waals surface area contributed by atoms with Crippen molar-refractivity contribution in [3.63, 3.8) is 0 Å². The zero-order valence-electron chi connectivity index (χ0n) is 12.2. The van der Waals surface area contributed by atoms with E-state index in [4.69, 9.17) is 5.73 Å². The average molecular weight is 272 g/mol. The summed E-state index contributed by atoms with van der Waals surface area (Å²) in [5.41, 5.74) is 8.60. The van der Waals surface area contributed by atoms with Gasteiger partial charge in [-0.3, -0.25) is 4.79 Å². The molecule has 0 saturated carbocycles. The topological polar surface area (TPSA) is 46.3 Å². The van der Waals surface area contributed by atoms with Crippen molar-refractivity contribution in [3.8, 4) is 0 Å². The Morgan fingerprint density at radius 1 is 1.35 bits per heavy atom. The predicted molar refractivity (Wildman–Crippen MR) is 80.5 cm³/mol. The lowest BCUT2D eigenvalue weighted by Crippen LogP contribution is -2.36. The van der Waals surface area contributed by atoms with E-state index < -0.39 is 0 Å². The van der Waals surface area contributed by atoms with E-state index in [1.54, 1.807) is 0 Å². The molecule has 0 bridgehead atoms. The van der Waals surface area contributed by atoms with E-state index in [1.807, 2.05) is 4.90 Å². The molecule has 3 unspecified atom stereocenters. The fraction of sp³-hybridized carbons (Fsp3) is 0.588. The van der Waals surface area contributed by atoms with Crippen LogP contribution in [0.2, 0.25) is 0 Å². The summed E-state index contributed by atoms with van der Waals surface area (Å²) in [6, 6.07) is 8.62. The molecule has 0 aromatic heterocycles. The summed E-state index contributed by atoms with van der Waals surface area (Å²) in [7, 11) is 0. The van der Waals surface area contributed by atoms with E-state index in [2.05, 4.69) is 31.2 Å². The number of benzene rings is 1. The Bertz CT molecular complexity index is 498. The number of hydrogen-bond donors (Lipinski definition) is 1. The Morgan fingerprint density at radius 3 is 2.90 bits per heavy atom. The van der Waals surface area contributed by atoms with E-state index in [0.717, 1.165) is 38.8 Å². The van der Waals surface area contributed by atoms with Gasteiger partial charge in [-0.25, -0.2) is 0 Å². The number of nitrogens with two attached hydrogens (primary N) is 1. The Kier molecular flexibility index (Phi) is 3.79. The Labute approximate surface area is 121 Å². The van der Waals surface area contributed by atoms with Crippen LogP contribution in [-0.4, -0.2) is 29.9 Å². The number of aryl methyl sites for hydroxylation is 1. The Balaban J connectivity index is 1.76. The van der Waals surface area contributed by atoms with Crippen LogP contribution in [0.25, 0.3) is 0 Å². The molecule has 1 aliphatic heterocycles. The van der Waals surface area contributed by atoms with Gasteiger partial charge < -0.3 is 10.6 Å². The van der Waals surface area contributed by atoms with Crippen molar-refractivity contribution in [1.82, 2.24) is 4.90 Å². The summed E-state index contributed by atoms with van der Waals surface area (Å²) in [5, 5.41) is 0. The van der Waals surface area contributed by atoms with E-state index >= 15 is 0 Å². The van der Waals surface area contributed by atoms with E-state index in [1.165, 1.54) is 11.1 Å². The minimum absolute atomic E-state index is 0.0757. The quantitative estimate of drug-likeness (QED) is 0.898. The van der Waals surface area contributed by atoms with Crippen LogP contribution < -0.4 is 5.73 Å². The van der Waals surface area contributed by atoms with Crippen LogP contribution in [0.5, 0.6) is 0 Å². The number of hydrogen-bond acceptors (Lipinski definition) is 2. The van der Waals surface area contributed by atoms with Crippen LogP contribution in [0.1, 0.15) is 43.2 Å². The van der Waals surface area contributed by atoms with Gasteiger partial charge >= 0.3 is 0 Å². The van der Waals surface area contributed by atoms with Gasteiger partial charge in [-0.05, 0) is 49.7 Å². The molecule has 2 N–H and O–H groups in total. The molecule has 1 heterocycles. The number of rotatable bonds is 2. The highest BCUT2D eigenvalue weighted by atomic mass is 16.2. The maximum Gasteiger partial charge on any atom is 0.230 e. The van der Waals surface area contributed by atoms with Gasteiger partial charge in [-0.15, -0.1) is 0 Å². The van der Waals surface area contributed by atoms with Crippen LogP contribution in [-0.2, 0) is 11.2 Å². The molecule has 1 saturated heterocycles. The summed E-state index contributed by atoms with van der Waals surface area (Å²) >= 11 is 0. The first-order valence-corrected chi connectivity index (χ1v) is 7.79. The van der Waals surface area contributed by atoms with Gasteiger partial charge in [0.05, 0.1) is 5.92 Å². The van der Waals surface area contributed by atoms with Gasteiger partial charge in [-0.1, -0.05) is 24.3 Å². The van der Waals surface area contributed by atoms with E-state index in [-0.39, 0.29) is 12.0 Å². The molecule has 1 aromatic carbocycles. The summed E-state index contributed by atoms with van der Waals surface area (Å²) in [4.78, 5) is 14.9. The maximum absolute atomic E-state index is 12.8. The highest BCUT2D eigenvalue weighted by Crippen LogP contribution is 2.34. The molecule has 108 valence electrons. The molecule has 1 amide bonds. The van der Waals surface area contributed by atoms with Crippen LogP contribution in [0.15, 0.2) is 24.3 Å². The van der Waals surface area contributed by atoms with Crippen LogP contribution in [0.4, 0.5) is 0 Å². The van der Waals surface area contributed by atoms with Gasteiger partial charge in [0.2, 0.25) is 5.91 Å². The molecule has 3 rings (SSSR count). The predicted octanol–water partition coefficient (Wildman–Crippen LogP) is 2.30. The number of carbonyl (C=O) groups excluding carboxylic acids is 1. The SMILES string of the molecule is CC(N)C1CCN(C(=O)C2CCCc3ccccc32)C1. The number of nitrogens with zero attached hydrogens (tertiary/aromatic N) is 1. The van der Waals surface area contributed by atoms with E-state index in [9.17, 15) is 4.79 Å². The van der Waals surface area contributed by atoms with Crippen molar-refractivity contribution in [2.24, 2.45) is 11.7 Å². The van der Waals surface area contributed by atoms with Crippen molar-refractivity contribution >= 4 is 5.91 Å². The first-order chi connectivity index (χ1) is 9.66. The molecule has 0 radical (unpaired) electrons. The first-order valence-electron chi connectivity index (χ1n) is 7.79. The molecule has 3 nitrogen and oxygen atoms in total. The highest BCUT2D eigenvalue weighted by molar-refractivity contribution is 5.84. The van der Waals surface area contributed by atoms with Gasteiger partial charge in [0.15, 0.2) is 0 Å². The van der Waals surface area contributed by atoms with E-state index in [0.29, 0.717) is 11.8 Å². The number of amides is 1. The summed E-state index contributed by atoms with van der Waals surface area (Å²) in [5.74, 6) is 0.866. The lowest BCUT2D eigenvalue weighted by molar-refractivity contribution is -0.132. The fourth-order valence-corrected chi connectivity index (χ4v) is 3.65. The fourth-order valence-electron chi connectivity index (χ4n) is 3.65. The molecular weight excluding hydrogens is 248 g/mol. The molecule has 3 atom stereocenters. The second-order valence-corrected chi connectivity index (χ2v) is 6.34. The maximum atomic E-state index is 12.8. The molecule has 1 aliphatic carbocycles. The molecule has 2 aliphatic rings. The molecule has 20 heavy (non-hydrogen) atoms. The third kappa shape index (κ3) is 2.47. The number of carbonyl (C=O) groups is 1. The minimum atomic E-state index is 0.0757. The van der Waals surface area contributed by atoms with Crippen LogP contribution >= 0.6 is 0 Å². The smallest absolute Gasteiger partial charge is 0.230 e. The van der Waals surface area contributed by atoms with Crippen molar-refractivity contribution in [3.05, 3.63) is 35.4 Å². The zero-order chi connectivity index (χ0) is 14.1. The van der Waals surface area contributed by atoms with Gasteiger partial charge in [-0.2, -0.15) is 0 Å². The summed E-state index contributed by atoms with van der Waals surface area (Å²) in [6.45, 7) is 3.77. The second-order valence-electron chi connectivity index (χ2n) is 6.34. The average Bonchev–Trinajstić information content (AvgIpc) is 2.96. The van der Waals surface area contributed by atoms with Gasteiger partial charge in [0, 0.05) is 19.1 Å². The van der Waals surface area contributed by atoms with Crippen LogP contribution in [0, 0.1) is 5.92 Å². The van der Waals surface area contributed by atoms with Crippen LogP contribution in [0.3, 0.4) is 0 Å². The standard InChI is InChI=1S/C17H24N2O/c1-12(18)14-9-10-19(11-14)17(20)16-8-4-6-13-5-2-3-7-15(13)16/h2-3,5,7,12,14,16H,4,6,8-11,18H2,1H3. The third-order valence-corrected chi connectivity index (χ3v) is 4.95. The lowest BCUT2D eigenvalue weighted by Gasteiger charge is -2.29. The Hall–Kier alpha value is -1.35. The normalized spacial score (nSPS) is 27.2. The highest BCUT2D eigenvalue weighted by Gasteiger charge is 2.34. The largest absolute Gasteiger partial charge is 0.342 e. The van der Waals surface area contributed by atoms with Crippen molar-refractivity contribution in [2.45, 2.75) is 44.6 Å². The first kappa shape index (κ1) is 13.6. The van der Waals surface area contributed by atoms with Gasteiger partial charge in [0.1, 0.15) is 0 Å². The van der Waals surface area contributed by atoms with Crippen molar-refractivity contribution in [2.75, 3.05) is 13.1 Å². The molecule has 1 fully saturated rings. The minimum Gasteiger partial charge on any atom is -0.342 e. The number of fused-ring (bicyclic) bond motifs is 1. The molecule has 1 aromatic rings. The monoisotopic (exact) mass is 272 g/mol. The van der Waals surface area contributed by atoms with Crippen molar-refractivity contribution < 1.29 is 4.79 Å². The lowest BCUT2D eigenvalue weighted by atomic mass is 9.82. The Morgan fingerprint density at radius 2 is 2.15 bits per heavy atom. The van der Waals surface area contributed by atoms with Crippen molar-refractivity contribution in [1.29, 1.82) is 0 Å².